The predicted octanol–water partition coefficient (Wildman–Crippen LogP) is 1.68. The first-order chi connectivity index (χ1) is 9.44. The minimum atomic E-state index is -0.262. The lowest BCUT2D eigenvalue weighted by Crippen LogP contribution is -2.47. The Kier molecular flexibility index (Phi) is 2.84. The van der Waals surface area contributed by atoms with Crippen LogP contribution in [0, 0.1) is 19.3 Å². The molecule has 0 spiro atoms. The molecule has 0 N–H and O–H groups in total. The zero-order valence-electron chi connectivity index (χ0n) is 12.1. The smallest absolute Gasteiger partial charge is 0.277 e. The average Bonchev–Trinajstić information content (AvgIpc) is 2.88. The first-order valence-corrected chi connectivity index (χ1v) is 7.01. The maximum atomic E-state index is 12.6. The molecule has 108 valence electrons. The minimum absolute atomic E-state index is 0.0649. The van der Waals surface area contributed by atoms with E-state index in [2.05, 4.69) is 5.16 Å². The highest BCUT2D eigenvalue weighted by Gasteiger charge is 2.50. The maximum Gasteiger partial charge on any atom is 0.277 e. The molecule has 1 aliphatic carbocycles. The Labute approximate surface area is 117 Å². The molecule has 1 aliphatic heterocycles. The van der Waals surface area contributed by atoms with E-state index in [0.717, 1.165) is 19.3 Å². The zero-order valence-corrected chi connectivity index (χ0v) is 12.1. The first-order valence-electron chi connectivity index (χ1n) is 7.01. The van der Waals surface area contributed by atoms with E-state index in [9.17, 15) is 9.59 Å². The van der Waals surface area contributed by atoms with Gasteiger partial charge in [0.2, 0.25) is 5.91 Å². The highest BCUT2D eigenvalue weighted by atomic mass is 16.5. The van der Waals surface area contributed by atoms with Gasteiger partial charge in [-0.05, 0) is 33.1 Å². The van der Waals surface area contributed by atoms with E-state index < -0.39 is 0 Å². The molecule has 2 amide bonds. The number of carbonyl (C=O) groups is 2. The highest BCUT2D eigenvalue weighted by molar-refractivity contribution is 5.98. The molecule has 0 unspecified atom stereocenters. The van der Waals surface area contributed by atoms with Crippen molar-refractivity contribution in [3.05, 3.63) is 17.0 Å². The van der Waals surface area contributed by atoms with Gasteiger partial charge >= 0.3 is 0 Å². The third-order valence-corrected chi connectivity index (χ3v) is 4.26. The molecule has 0 radical (unpaired) electrons. The van der Waals surface area contributed by atoms with Crippen molar-refractivity contribution in [3.8, 4) is 0 Å². The number of carbonyl (C=O) groups excluding carboxylic acids is 2. The Morgan fingerprint density at radius 3 is 2.40 bits per heavy atom. The van der Waals surface area contributed by atoms with Gasteiger partial charge in [-0.3, -0.25) is 14.6 Å². The lowest BCUT2D eigenvalue weighted by molar-refractivity contribution is -0.146. The molecule has 3 rings (SSSR count). The summed E-state index contributed by atoms with van der Waals surface area (Å²) in [7, 11) is 0. The number of nitrogens with zero attached hydrogens (tertiary/aromatic N) is 3. The van der Waals surface area contributed by atoms with Crippen molar-refractivity contribution in [3.63, 3.8) is 0 Å². The Morgan fingerprint density at radius 1 is 1.20 bits per heavy atom. The van der Waals surface area contributed by atoms with Gasteiger partial charge < -0.3 is 4.52 Å². The van der Waals surface area contributed by atoms with Gasteiger partial charge in [0.1, 0.15) is 11.3 Å². The van der Waals surface area contributed by atoms with Gasteiger partial charge in [0.25, 0.3) is 5.91 Å². The second-order valence-corrected chi connectivity index (χ2v) is 5.97. The molecule has 0 atom stereocenters. The SMILES string of the molecule is Cc1noc(C)c1C(=O)N1CCCN1C(=O)C1(C)CC1. The van der Waals surface area contributed by atoms with E-state index in [4.69, 9.17) is 4.52 Å². The largest absolute Gasteiger partial charge is 0.361 e. The molecule has 2 fully saturated rings. The van der Waals surface area contributed by atoms with Crippen molar-refractivity contribution in [1.82, 2.24) is 15.2 Å². The summed E-state index contributed by atoms with van der Waals surface area (Å²) >= 11 is 0. The van der Waals surface area contributed by atoms with E-state index in [1.165, 1.54) is 0 Å². The molecule has 0 bridgehead atoms. The molecule has 2 heterocycles. The highest BCUT2D eigenvalue weighted by Crippen LogP contribution is 2.47. The summed E-state index contributed by atoms with van der Waals surface area (Å²) in [5.74, 6) is 0.385. The molecule has 1 saturated heterocycles. The third-order valence-electron chi connectivity index (χ3n) is 4.26. The number of hydrazine groups is 1. The van der Waals surface area contributed by atoms with Gasteiger partial charge in [0, 0.05) is 18.5 Å². The van der Waals surface area contributed by atoms with Crippen LogP contribution in [-0.4, -0.2) is 40.1 Å². The Hall–Kier alpha value is -1.85. The van der Waals surface area contributed by atoms with Crippen LogP contribution >= 0.6 is 0 Å². The molecular weight excluding hydrogens is 258 g/mol. The quantitative estimate of drug-likeness (QED) is 0.825. The van der Waals surface area contributed by atoms with E-state index >= 15 is 0 Å². The van der Waals surface area contributed by atoms with Crippen LogP contribution < -0.4 is 0 Å². The van der Waals surface area contributed by atoms with Crippen molar-refractivity contribution < 1.29 is 14.1 Å². The van der Waals surface area contributed by atoms with Crippen LogP contribution in [0.25, 0.3) is 0 Å². The van der Waals surface area contributed by atoms with Crippen molar-refractivity contribution in [2.45, 2.75) is 40.0 Å². The van der Waals surface area contributed by atoms with Crippen LogP contribution in [-0.2, 0) is 4.79 Å². The Balaban J connectivity index is 1.85. The van der Waals surface area contributed by atoms with Crippen molar-refractivity contribution in [2.75, 3.05) is 13.1 Å². The summed E-state index contributed by atoms with van der Waals surface area (Å²) in [6, 6.07) is 0. The first kappa shape index (κ1) is 13.1. The summed E-state index contributed by atoms with van der Waals surface area (Å²) in [4.78, 5) is 25.1. The summed E-state index contributed by atoms with van der Waals surface area (Å²) in [6.07, 6.45) is 2.64. The summed E-state index contributed by atoms with van der Waals surface area (Å²) in [5, 5.41) is 6.98. The lowest BCUT2D eigenvalue weighted by Gasteiger charge is -2.30. The Morgan fingerprint density at radius 2 is 1.85 bits per heavy atom. The zero-order chi connectivity index (χ0) is 14.5. The van der Waals surface area contributed by atoms with Crippen LogP contribution in [0.5, 0.6) is 0 Å². The second kappa shape index (κ2) is 4.33. The molecule has 2 aliphatic rings. The van der Waals surface area contributed by atoms with E-state index in [1.807, 2.05) is 6.92 Å². The summed E-state index contributed by atoms with van der Waals surface area (Å²) in [5.41, 5.74) is 0.789. The van der Waals surface area contributed by atoms with E-state index in [1.54, 1.807) is 23.9 Å². The van der Waals surface area contributed by atoms with E-state index in [-0.39, 0.29) is 17.2 Å². The van der Waals surface area contributed by atoms with Gasteiger partial charge in [0.05, 0.1) is 5.69 Å². The van der Waals surface area contributed by atoms with Gasteiger partial charge in [-0.15, -0.1) is 0 Å². The molecule has 6 heteroatoms. The van der Waals surface area contributed by atoms with Crippen LogP contribution in [0.3, 0.4) is 0 Å². The molecule has 20 heavy (non-hydrogen) atoms. The predicted molar refractivity (Wildman–Crippen MR) is 70.7 cm³/mol. The van der Waals surface area contributed by atoms with Gasteiger partial charge in [0.15, 0.2) is 0 Å². The molecular formula is C14H19N3O3. The molecule has 1 aromatic rings. The standard InChI is InChI=1S/C14H19N3O3/c1-9-11(10(2)20-15-9)12(18)16-7-4-8-17(16)13(19)14(3)5-6-14/h4-8H2,1-3H3. The normalized spacial score (nSPS) is 20.4. The number of aryl methyl sites for hydroxylation is 2. The number of rotatable bonds is 2. The fourth-order valence-corrected chi connectivity index (χ4v) is 2.66. The van der Waals surface area contributed by atoms with Gasteiger partial charge in [-0.25, -0.2) is 5.01 Å². The third kappa shape index (κ3) is 1.90. The molecule has 6 nitrogen and oxygen atoms in total. The number of hydrogen-bond donors (Lipinski definition) is 0. The van der Waals surface area contributed by atoms with Crippen molar-refractivity contribution in [1.29, 1.82) is 0 Å². The van der Waals surface area contributed by atoms with E-state index in [0.29, 0.717) is 30.1 Å². The van der Waals surface area contributed by atoms with Crippen molar-refractivity contribution in [2.24, 2.45) is 5.41 Å². The van der Waals surface area contributed by atoms with Crippen LogP contribution in [0.2, 0.25) is 0 Å². The topological polar surface area (TPSA) is 66.7 Å². The number of hydrogen-bond acceptors (Lipinski definition) is 4. The summed E-state index contributed by atoms with van der Waals surface area (Å²) < 4.78 is 5.05. The minimum Gasteiger partial charge on any atom is -0.361 e. The number of amides is 2. The summed E-state index contributed by atoms with van der Waals surface area (Å²) in [6.45, 7) is 6.62. The van der Waals surface area contributed by atoms with Crippen LogP contribution in [0.1, 0.15) is 48.0 Å². The second-order valence-electron chi connectivity index (χ2n) is 5.97. The molecule has 1 saturated carbocycles. The monoisotopic (exact) mass is 277 g/mol. The lowest BCUT2D eigenvalue weighted by atomic mass is 10.1. The molecule has 0 aromatic carbocycles. The fraction of sp³-hybridized carbons (Fsp3) is 0.643. The molecule has 1 aromatic heterocycles. The fourth-order valence-electron chi connectivity index (χ4n) is 2.66. The Bertz CT molecular complexity index is 555. The number of aromatic nitrogens is 1. The maximum absolute atomic E-state index is 12.6. The van der Waals surface area contributed by atoms with Gasteiger partial charge in [-0.2, -0.15) is 0 Å². The van der Waals surface area contributed by atoms with Crippen LogP contribution in [0.4, 0.5) is 0 Å². The van der Waals surface area contributed by atoms with Crippen LogP contribution in [0.15, 0.2) is 4.52 Å². The van der Waals surface area contributed by atoms with Crippen molar-refractivity contribution >= 4 is 11.8 Å². The van der Waals surface area contributed by atoms with Gasteiger partial charge in [-0.1, -0.05) is 12.1 Å². The average molecular weight is 277 g/mol.